The van der Waals surface area contributed by atoms with Gasteiger partial charge in [-0.25, -0.2) is 9.67 Å². The molecule has 1 saturated carbocycles. The van der Waals surface area contributed by atoms with Crippen LogP contribution in [-0.4, -0.2) is 20.1 Å². The lowest BCUT2D eigenvalue weighted by Gasteiger charge is -2.33. The summed E-state index contributed by atoms with van der Waals surface area (Å²) in [4.78, 5) is 5.85. The minimum absolute atomic E-state index is 0.266. The summed E-state index contributed by atoms with van der Waals surface area (Å²) in [5.41, 5.74) is 0.642. The third-order valence-corrected chi connectivity index (χ3v) is 7.92. The maximum Gasteiger partial charge on any atom is 0.168 e. The molecule has 0 aromatic carbocycles. The quantitative estimate of drug-likeness (QED) is 0.536. The van der Waals surface area contributed by atoms with Crippen LogP contribution in [0.15, 0.2) is 38.7 Å². The SMILES string of the molecule is CC1C[C@@H]1C1=CC(Cl)C(C)(c2nc(-c3ccc(Br)s3)n(C)n2)C(Cl)=C1. The third-order valence-electron chi connectivity index (χ3n) is 5.24. The number of aromatic nitrogens is 3. The molecule has 4 rings (SSSR count). The zero-order valence-corrected chi connectivity index (χ0v) is 18.0. The van der Waals surface area contributed by atoms with Crippen molar-refractivity contribution in [2.75, 3.05) is 0 Å². The second kappa shape index (κ2) is 6.22. The first-order valence-electron chi connectivity index (χ1n) is 8.21. The van der Waals surface area contributed by atoms with E-state index in [9.17, 15) is 0 Å². The Morgan fingerprint density at radius 2 is 2.12 bits per heavy atom. The second-order valence-corrected chi connectivity index (χ2v) is 10.4. The van der Waals surface area contributed by atoms with Gasteiger partial charge < -0.3 is 0 Å². The normalized spacial score (nSPS) is 31.7. The number of nitrogens with zero attached hydrogens (tertiary/aromatic N) is 3. The number of rotatable bonds is 3. The molecule has 0 aliphatic heterocycles. The van der Waals surface area contributed by atoms with Crippen molar-refractivity contribution in [2.45, 2.75) is 31.1 Å². The van der Waals surface area contributed by atoms with E-state index in [1.807, 2.05) is 26.1 Å². The minimum Gasteiger partial charge on any atom is -0.248 e. The highest BCUT2D eigenvalue weighted by atomic mass is 79.9. The molecule has 4 atom stereocenters. The lowest BCUT2D eigenvalue weighted by molar-refractivity contribution is 0.539. The predicted octanol–water partition coefficient (Wildman–Crippen LogP) is 5.89. The Kier molecular flexibility index (Phi) is 4.42. The highest BCUT2D eigenvalue weighted by molar-refractivity contribution is 9.11. The van der Waals surface area contributed by atoms with Gasteiger partial charge in [-0.15, -0.1) is 22.9 Å². The number of halogens is 3. The van der Waals surface area contributed by atoms with Gasteiger partial charge in [0.05, 0.1) is 19.5 Å². The zero-order valence-electron chi connectivity index (χ0n) is 14.1. The van der Waals surface area contributed by atoms with Crippen molar-refractivity contribution in [1.29, 1.82) is 0 Å². The van der Waals surface area contributed by atoms with Crippen LogP contribution in [0.25, 0.3) is 10.7 Å². The third kappa shape index (κ3) is 2.93. The fourth-order valence-corrected chi connectivity index (χ4v) is 5.46. The minimum atomic E-state index is -0.616. The summed E-state index contributed by atoms with van der Waals surface area (Å²) in [5.74, 6) is 2.80. The summed E-state index contributed by atoms with van der Waals surface area (Å²) >= 11 is 18.6. The lowest BCUT2D eigenvalue weighted by Crippen LogP contribution is -2.36. The van der Waals surface area contributed by atoms with Crippen molar-refractivity contribution in [3.63, 3.8) is 0 Å². The Hall–Kier alpha value is -0.620. The number of hydrogen-bond donors (Lipinski definition) is 0. The summed E-state index contributed by atoms with van der Waals surface area (Å²) in [5, 5.41) is 5.10. The Morgan fingerprint density at radius 1 is 1.40 bits per heavy atom. The van der Waals surface area contributed by atoms with Gasteiger partial charge in [0.25, 0.3) is 0 Å². The number of thiophene rings is 1. The molecular weight excluding hydrogens is 441 g/mol. The highest BCUT2D eigenvalue weighted by Crippen LogP contribution is 2.50. The van der Waals surface area contributed by atoms with Gasteiger partial charge in [-0.05, 0) is 64.9 Å². The van der Waals surface area contributed by atoms with Crippen LogP contribution in [0.4, 0.5) is 0 Å². The largest absolute Gasteiger partial charge is 0.248 e. The Morgan fingerprint density at radius 3 is 2.68 bits per heavy atom. The van der Waals surface area contributed by atoms with Crippen molar-refractivity contribution in [2.24, 2.45) is 18.9 Å². The fraction of sp³-hybridized carbons (Fsp3) is 0.444. The molecule has 2 aliphatic carbocycles. The van der Waals surface area contributed by atoms with Crippen molar-refractivity contribution >= 4 is 50.5 Å². The molecular formula is C18H18BrCl2N3S. The standard InChI is InChI=1S/C18H18BrCl2N3S/c1-9-6-11(9)10-7-13(20)18(2,14(21)8-10)17-22-16(24(3)23-17)12-4-5-15(19)25-12/h4-5,7-9,11,13H,6H2,1-3H3/t9?,11-,13?,18?/m0/s1. The van der Waals surface area contributed by atoms with Gasteiger partial charge in [0, 0.05) is 12.1 Å². The monoisotopic (exact) mass is 457 g/mol. The molecule has 132 valence electrons. The van der Waals surface area contributed by atoms with Crippen LogP contribution in [0.5, 0.6) is 0 Å². The van der Waals surface area contributed by atoms with Gasteiger partial charge in [-0.3, -0.25) is 0 Å². The molecule has 0 radical (unpaired) electrons. The molecule has 25 heavy (non-hydrogen) atoms. The molecule has 0 amide bonds. The van der Waals surface area contributed by atoms with Crippen LogP contribution in [0.2, 0.25) is 0 Å². The average molecular weight is 459 g/mol. The van der Waals surface area contributed by atoms with E-state index in [1.54, 1.807) is 16.0 Å². The first-order chi connectivity index (χ1) is 11.8. The van der Waals surface area contributed by atoms with E-state index in [0.717, 1.165) is 20.4 Å². The first kappa shape index (κ1) is 17.8. The fourth-order valence-electron chi connectivity index (χ4n) is 3.31. The molecule has 0 spiro atoms. The molecule has 2 aromatic heterocycles. The number of allylic oxidation sites excluding steroid dienone is 4. The van der Waals surface area contributed by atoms with Gasteiger partial charge in [0.2, 0.25) is 0 Å². The first-order valence-corrected chi connectivity index (χ1v) is 10.6. The van der Waals surface area contributed by atoms with E-state index in [2.05, 4.69) is 40.1 Å². The molecule has 3 nitrogen and oxygen atoms in total. The zero-order chi connectivity index (χ0) is 17.9. The van der Waals surface area contributed by atoms with Crippen LogP contribution in [0.3, 0.4) is 0 Å². The topological polar surface area (TPSA) is 30.7 Å². The van der Waals surface area contributed by atoms with Gasteiger partial charge >= 0.3 is 0 Å². The highest BCUT2D eigenvalue weighted by Gasteiger charge is 2.46. The van der Waals surface area contributed by atoms with Crippen molar-refractivity contribution in [3.8, 4) is 10.7 Å². The van der Waals surface area contributed by atoms with Crippen LogP contribution < -0.4 is 0 Å². The molecule has 3 unspecified atom stereocenters. The lowest BCUT2D eigenvalue weighted by atomic mass is 9.79. The molecule has 0 N–H and O–H groups in total. The molecule has 0 saturated heterocycles. The molecule has 2 aromatic rings. The van der Waals surface area contributed by atoms with E-state index < -0.39 is 5.41 Å². The summed E-state index contributed by atoms with van der Waals surface area (Å²) in [6.07, 6.45) is 5.43. The van der Waals surface area contributed by atoms with E-state index >= 15 is 0 Å². The summed E-state index contributed by atoms with van der Waals surface area (Å²) in [7, 11) is 1.90. The summed E-state index contributed by atoms with van der Waals surface area (Å²) in [6, 6.07) is 4.05. The number of aryl methyl sites for hydroxylation is 1. The van der Waals surface area contributed by atoms with Crippen LogP contribution in [-0.2, 0) is 12.5 Å². The predicted molar refractivity (Wildman–Crippen MR) is 108 cm³/mol. The second-order valence-electron chi connectivity index (χ2n) is 7.07. The maximum atomic E-state index is 6.78. The Bertz CT molecular complexity index is 900. The Balaban J connectivity index is 1.72. The molecule has 1 fully saturated rings. The molecule has 0 bridgehead atoms. The summed E-state index contributed by atoms with van der Waals surface area (Å²) in [6.45, 7) is 4.28. The number of alkyl halides is 1. The molecule has 7 heteroatoms. The van der Waals surface area contributed by atoms with Gasteiger partial charge in [-0.1, -0.05) is 24.6 Å². The van der Waals surface area contributed by atoms with Crippen molar-refractivity contribution in [1.82, 2.24) is 14.8 Å². The van der Waals surface area contributed by atoms with E-state index in [0.29, 0.717) is 16.8 Å². The average Bonchev–Trinajstić information content (AvgIpc) is 2.93. The van der Waals surface area contributed by atoms with E-state index in [-0.39, 0.29) is 5.38 Å². The smallest absolute Gasteiger partial charge is 0.168 e. The summed E-state index contributed by atoms with van der Waals surface area (Å²) < 4.78 is 2.87. The molecule has 2 aliphatic rings. The number of hydrogen-bond acceptors (Lipinski definition) is 3. The Labute approximate surface area is 169 Å². The van der Waals surface area contributed by atoms with E-state index in [1.165, 1.54) is 12.0 Å². The van der Waals surface area contributed by atoms with Gasteiger partial charge in [-0.2, -0.15) is 5.10 Å². The molecule has 2 heterocycles. The van der Waals surface area contributed by atoms with Gasteiger partial charge in [0.15, 0.2) is 11.6 Å². The van der Waals surface area contributed by atoms with Crippen LogP contribution >= 0.6 is 50.5 Å². The van der Waals surface area contributed by atoms with Crippen LogP contribution in [0.1, 0.15) is 26.1 Å². The van der Waals surface area contributed by atoms with Gasteiger partial charge in [0.1, 0.15) is 0 Å². The van der Waals surface area contributed by atoms with Crippen molar-refractivity contribution < 1.29 is 0 Å². The van der Waals surface area contributed by atoms with Crippen molar-refractivity contribution in [3.05, 3.63) is 44.5 Å². The van der Waals surface area contributed by atoms with E-state index in [4.69, 9.17) is 28.2 Å². The maximum absolute atomic E-state index is 6.78. The van der Waals surface area contributed by atoms with Crippen LogP contribution in [0, 0.1) is 11.8 Å².